The summed E-state index contributed by atoms with van der Waals surface area (Å²) in [5.41, 5.74) is 0.554. The molecule has 0 spiro atoms. The van der Waals surface area contributed by atoms with Crippen molar-refractivity contribution in [3.8, 4) is 0 Å². The predicted molar refractivity (Wildman–Crippen MR) is 70.8 cm³/mol. The molecule has 0 aromatic rings. The molecule has 2 saturated carbocycles. The van der Waals surface area contributed by atoms with Gasteiger partial charge in [-0.3, -0.25) is 0 Å². The predicted octanol–water partition coefficient (Wildman–Crippen LogP) is 4.56. The van der Waals surface area contributed by atoms with Crippen LogP contribution in [0.2, 0.25) is 0 Å². The fourth-order valence-electron chi connectivity index (χ4n) is 3.77. The van der Waals surface area contributed by atoms with Crippen molar-refractivity contribution in [3.63, 3.8) is 0 Å². The highest BCUT2D eigenvalue weighted by Crippen LogP contribution is 2.58. The van der Waals surface area contributed by atoms with Gasteiger partial charge in [0.1, 0.15) is 0 Å². The highest BCUT2D eigenvalue weighted by atomic mass is 35.5. The minimum Gasteiger partial charge on any atom is -0.162 e. The van der Waals surface area contributed by atoms with Crippen molar-refractivity contribution in [2.24, 2.45) is 17.3 Å². The van der Waals surface area contributed by atoms with Crippen molar-refractivity contribution < 1.29 is 0 Å². The summed E-state index contributed by atoms with van der Waals surface area (Å²) in [6.45, 7) is 2.25. The maximum absolute atomic E-state index is 6.26. The van der Waals surface area contributed by atoms with E-state index in [4.69, 9.17) is 11.6 Å². The lowest BCUT2D eigenvalue weighted by Crippen LogP contribution is -2.29. The molecule has 15 heavy (non-hydrogen) atoms. The van der Waals surface area contributed by atoms with Crippen molar-refractivity contribution in [3.05, 3.63) is 0 Å². The Labute approximate surface area is 104 Å². The van der Waals surface area contributed by atoms with Crippen LogP contribution in [0, 0.1) is 17.3 Å². The summed E-state index contributed by atoms with van der Waals surface area (Å²) in [4.78, 5) is 0. The number of fused-ring (bicyclic) bond motifs is 2. The van der Waals surface area contributed by atoms with E-state index in [0.717, 1.165) is 17.7 Å². The minimum atomic E-state index is 0.554. The molecule has 0 nitrogen and oxygen atoms in total. The fraction of sp³-hybridized carbons (Fsp3) is 1.00. The van der Waals surface area contributed by atoms with Gasteiger partial charge in [0.2, 0.25) is 0 Å². The van der Waals surface area contributed by atoms with E-state index in [9.17, 15) is 0 Å². The maximum Gasteiger partial charge on any atom is 0.0282 e. The first-order chi connectivity index (χ1) is 7.30. The molecule has 0 amide bonds. The Morgan fingerprint density at radius 3 is 2.80 bits per heavy atom. The van der Waals surface area contributed by atoms with E-state index < -0.39 is 0 Å². The number of halogens is 1. The fourth-order valence-corrected chi connectivity index (χ4v) is 4.86. The van der Waals surface area contributed by atoms with E-state index in [1.54, 1.807) is 0 Å². The van der Waals surface area contributed by atoms with Crippen LogP contribution in [0.5, 0.6) is 0 Å². The molecule has 0 aliphatic heterocycles. The highest BCUT2D eigenvalue weighted by molar-refractivity contribution is 7.99. The van der Waals surface area contributed by atoms with E-state index in [1.807, 2.05) is 0 Å². The van der Waals surface area contributed by atoms with E-state index in [1.165, 1.54) is 50.0 Å². The van der Waals surface area contributed by atoms with Crippen molar-refractivity contribution in [1.29, 1.82) is 0 Å². The van der Waals surface area contributed by atoms with E-state index in [2.05, 4.69) is 18.7 Å². The molecule has 0 radical (unpaired) electrons. The van der Waals surface area contributed by atoms with Crippen LogP contribution in [0.1, 0.15) is 45.4 Å². The van der Waals surface area contributed by atoms with Gasteiger partial charge in [-0.25, -0.2) is 0 Å². The zero-order valence-corrected chi connectivity index (χ0v) is 11.4. The first-order valence-corrected chi connectivity index (χ1v) is 8.13. The van der Waals surface area contributed by atoms with Gasteiger partial charge < -0.3 is 0 Å². The lowest BCUT2D eigenvalue weighted by atomic mass is 9.72. The van der Waals surface area contributed by atoms with Gasteiger partial charge in [0.25, 0.3) is 0 Å². The molecule has 2 rings (SSSR count). The van der Waals surface area contributed by atoms with Gasteiger partial charge in [-0.1, -0.05) is 13.3 Å². The molecule has 3 atom stereocenters. The van der Waals surface area contributed by atoms with Crippen molar-refractivity contribution in [2.75, 3.05) is 17.4 Å². The summed E-state index contributed by atoms with van der Waals surface area (Å²) in [7, 11) is 0. The average Bonchev–Trinajstić information content (AvgIpc) is 2.85. The van der Waals surface area contributed by atoms with Crippen molar-refractivity contribution >= 4 is 23.4 Å². The number of rotatable bonds is 6. The first kappa shape index (κ1) is 12.1. The third-order valence-electron chi connectivity index (χ3n) is 4.54. The first-order valence-electron chi connectivity index (χ1n) is 6.44. The zero-order valence-electron chi connectivity index (χ0n) is 9.80. The van der Waals surface area contributed by atoms with Gasteiger partial charge in [-0.15, -0.1) is 11.6 Å². The third-order valence-corrected chi connectivity index (χ3v) is 6.05. The van der Waals surface area contributed by atoms with Gasteiger partial charge >= 0.3 is 0 Å². The highest BCUT2D eigenvalue weighted by Gasteiger charge is 2.49. The van der Waals surface area contributed by atoms with Crippen LogP contribution in [0.25, 0.3) is 0 Å². The largest absolute Gasteiger partial charge is 0.162 e. The van der Waals surface area contributed by atoms with E-state index in [0.29, 0.717) is 5.41 Å². The van der Waals surface area contributed by atoms with Crippen LogP contribution in [-0.2, 0) is 0 Å². The second kappa shape index (κ2) is 5.31. The average molecular weight is 247 g/mol. The van der Waals surface area contributed by atoms with E-state index >= 15 is 0 Å². The Bertz CT molecular complexity index is 207. The molecule has 2 fully saturated rings. The van der Waals surface area contributed by atoms with Crippen LogP contribution in [0.3, 0.4) is 0 Å². The second-order valence-electron chi connectivity index (χ2n) is 5.38. The molecule has 88 valence electrons. The van der Waals surface area contributed by atoms with E-state index in [-0.39, 0.29) is 0 Å². The normalized spacial score (nSPS) is 38.8. The van der Waals surface area contributed by atoms with Crippen molar-refractivity contribution in [1.82, 2.24) is 0 Å². The Balaban J connectivity index is 1.81. The zero-order chi connectivity index (χ0) is 10.7. The Kier molecular flexibility index (Phi) is 4.29. The molecule has 0 aromatic heterocycles. The quantitative estimate of drug-likeness (QED) is 0.489. The summed E-state index contributed by atoms with van der Waals surface area (Å²) < 4.78 is 0. The topological polar surface area (TPSA) is 0 Å². The summed E-state index contributed by atoms with van der Waals surface area (Å²) >= 11 is 8.34. The Morgan fingerprint density at radius 2 is 2.27 bits per heavy atom. The van der Waals surface area contributed by atoms with Crippen LogP contribution >= 0.6 is 23.4 Å². The second-order valence-corrected chi connectivity index (χ2v) is 7.04. The number of alkyl halides is 1. The number of thioether (sulfide) groups is 1. The SMILES string of the molecule is CCSCCCC1(CCl)CC2CCC1C2. The monoisotopic (exact) mass is 246 g/mol. The molecule has 2 heteroatoms. The van der Waals surface area contributed by atoms with Crippen LogP contribution in [-0.4, -0.2) is 17.4 Å². The molecule has 0 aromatic carbocycles. The van der Waals surface area contributed by atoms with Gasteiger partial charge in [-0.2, -0.15) is 11.8 Å². The molecular weight excluding hydrogens is 224 g/mol. The maximum atomic E-state index is 6.26. The molecule has 3 unspecified atom stereocenters. The third kappa shape index (κ3) is 2.49. The lowest BCUT2D eigenvalue weighted by molar-refractivity contribution is 0.177. The summed E-state index contributed by atoms with van der Waals surface area (Å²) in [5, 5.41) is 0. The van der Waals surface area contributed by atoms with Gasteiger partial charge in [0, 0.05) is 5.88 Å². The van der Waals surface area contributed by atoms with Gasteiger partial charge in [-0.05, 0) is 60.9 Å². The lowest BCUT2D eigenvalue weighted by Gasteiger charge is -2.36. The Hall–Kier alpha value is 0.640. The summed E-state index contributed by atoms with van der Waals surface area (Å²) in [6.07, 6.45) is 8.68. The minimum absolute atomic E-state index is 0.554. The standard InChI is InChI=1S/C13H23ClS/c1-2-15-7-3-6-13(10-14)9-11-4-5-12(13)8-11/h11-12H,2-10H2,1H3. The van der Waals surface area contributed by atoms with Crippen molar-refractivity contribution in [2.45, 2.75) is 45.4 Å². The van der Waals surface area contributed by atoms with Crippen LogP contribution in [0.15, 0.2) is 0 Å². The van der Waals surface area contributed by atoms with Gasteiger partial charge in [0.05, 0.1) is 0 Å². The van der Waals surface area contributed by atoms with Crippen LogP contribution < -0.4 is 0 Å². The van der Waals surface area contributed by atoms with Gasteiger partial charge in [0.15, 0.2) is 0 Å². The smallest absolute Gasteiger partial charge is 0.0282 e. The molecule has 2 aliphatic carbocycles. The molecular formula is C13H23ClS. The van der Waals surface area contributed by atoms with Crippen LogP contribution in [0.4, 0.5) is 0 Å². The number of hydrogen-bond acceptors (Lipinski definition) is 1. The summed E-state index contributed by atoms with van der Waals surface area (Å²) in [5.74, 6) is 5.54. The molecule has 0 saturated heterocycles. The number of hydrogen-bond donors (Lipinski definition) is 0. The molecule has 2 aliphatic rings. The molecule has 2 bridgehead atoms. The molecule has 0 N–H and O–H groups in total. The Morgan fingerprint density at radius 1 is 1.40 bits per heavy atom. The molecule has 0 heterocycles. The summed E-state index contributed by atoms with van der Waals surface area (Å²) in [6, 6.07) is 0.